The van der Waals surface area contributed by atoms with Crippen LogP contribution >= 0.6 is 0 Å². The number of anilines is 1. The van der Waals surface area contributed by atoms with E-state index in [1.165, 1.54) is 6.33 Å². The largest absolute Gasteiger partial charge is 0.497 e. The van der Waals surface area contributed by atoms with Crippen LogP contribution in [0.25, 0.3) is 11.0 Å². The molecule has 3 heterocycles. The number of carbonyl (C=O) groups is 1. The van der Waals surface area contributed by atoms with Crippen molar-refractivity contribution in [3.8, 4) is 11.5 Å². The van der Waals surface area contributed by atoms with Gasteiger partial charge in [-0.05, 0) is 37.8 Å². The van der Waals surface area contributed by atoms with Crippen molar-refractivity contribution in [2.75, 3.05) is 32.8 Å². The van der Waals surface area contributed by atoms with Crippen molar-refractivity contribution in [3.63, 3.8) is 0 Å². The number of benzene rings is 1. The van der Waals surface area contributed by atoms with Crippen LogP contribution in [0.5, 0.6) is 11.5 Å². The zero-order chi connectivity index (χ0) is 23.9. The first-order valence-corrected chi connectivity index (χ1v) is 11.6. The summed E-state index contributed by atoms with van der Waals surface area (Å²) >= 11 is 0. The van der Waals surface area contributed by atoms with Gasteiger partial charge in [0.15, 0.2) is 17.6 Å². The Bertz CT molecular complexity index is 1130. The molecule has 0 saturated carbocycles. The molecule has 182 valence electrons. The molecule has 1 aromatic carbocycles. The lowest BCUT2D eigenvalue weighted by atomic mass is 10.2. The highest BCUT2D eigenvalue weighted by Crippen LogP contribution is 2.31. The molecule has 1 fully saturated rings. The number of ether oxygens (including phenoxy) is 4. The number of esters is 1. The number of fused-ring (bicyclic) bond motifs is 1. The summed E-state index contributed by atoms with van der Waals surface area (Å²) in [5.41, 5.74) is 1.63. The Morgan fingerprint density at radius 2 is 2.12 bits per heavy atom. The third-order valence-electron chi connectivity index (χ3n) is 5.78. The number of carbonyl (C=O) groups excluding carboxylic acids is 1. The number of aromatic nitrogens is 4. The number of rotatable bonds is 10. The van der Waals surface area contributed by atoms with E-state index in [1.807, 2.05) is 25.1 Å². The number of unbranched alkanes of at least 4 members (excludes halogenated alkanes) is 1. The lowest BCUT2D eigenvalue weighted by molar-refractivity contribution is -0.0372. The van der Waals surface area contributed by atoms with Crippen molar-refractivity contribution < 1.29 is 23.7 Å². The van der Waals surface area contributed by atoms with Gasteiger partial charge >= 0.3 is 5.97 Å². The first kappa shape index (κ1) is 23.7. The summed E-state index contributed by atoms with van der Waals surface area (Å²) in [6.45, 7) is 3.44. The third kappa shape index (κ3) is 5.06. The second kappa shape index (κ2) is 11.1. The first-order valence-electron chi connectivity index (χ1n) is 11.6. The molecule has 0 amide bonds. The van der Waals surface area contributed by atoms with Crippen LogP contribution in [0.15, 0.2) is 24.5 Å². The van der Waals surface area contributed by atoms with Crippen LogP contribution in [-0.4, -0.2) is 53.2 Å². The lowest BCUT2D eigenvalue weighted by Crippen LogP contribution is -2.20. The minimum atomic E-state index is -0.493. The number of nitrogens with zero attached hydrogens (tertiary/aromatic N) is 4. The maximum absolute atomic E-state index is 13.0. The van der Waals surface area contributed by atoms with Gasteiger partial charge in [0.25, 0.3) is 0 Å². The van der Waals surface area contributed by atoms with Crippen molar-refractivity contribution in [3.05, 3.63) is 35.8 Å². The molecule has 0 spiro atoms. The van der Waals surface area contributed by atoms with E-state index in [2.05, 4.69) is 20.4 Å². The maximum atomic E-state index is 13.0. The molecule has 1 atom stereocenters. The Morgan fingerprint density at radius 1 is 1.24 bits per heavy atom. The summed E-state index contributed by atoms with van der Waals surface area (Å²) in [7, 11) is 3.22. The van der Waals surface area contributed by atoms with Gasteiger partial charge in [-0.25, -0.2) is 19.4 Å². The molecule has 0 aliphatic carbocycles. The van der Waals surface area contributed by atoms with Gasteiger partial charge in [0.05, 0.1) is 26.2 Å². The van der Waals surface area contributed by atoms with Crippen LogP contribution in [-0.2, 0) is 16.0 Å². The van der Waals surface area contributed by atoms with E-state index in [9.17, 15) is 4.79 Å². The highest BCUT2D eigenvalue weighted by molar-refractivity contribution is 6.05. The van der Waals surface area contributed by atoms with E-state index in [1.54, 1.807) is 18.9 Å². The number of hydrogen-bond donors (Lipinski definition) is 1. The molecule has 1 aliphatic rings. The molecule has 3 aromatic rings. The Kier molecular flexibility index (Phi) is 7.79. The van der Waals surface area contributed by atoms with Gasteiger partial charge in [-0.3, -0.25) is 0 Å². The van der Waals surface area contributed by atoms with Crippen LogP contribution < -0.4 is 14.8 Å². The third-order valence-corrected chi connectivity index (χ3v) is 5.78. The highest BCUT2D eigenvalue weighted by atomic mass is 16.5. The fraction of sp³-hybridized carbons (Fsp3) is 0.500. The molecule has 0 radical (unpaired) electrons. The summed E-state index contributed by atoms with van der Waals surface area (Å²) in [5, 5.41) is 8.44. The normalized spacial score (nSPS) is 15.8. The van der Waals surface area contributed by atoms with E-state index in [0.29, 0.717) is 48.1 Å². The lowest BCUT2D eigenvalue weighted by Gasteiger charge is -2.22. The molecule has 10 heteroatoms. The SMILES string of the molecule is CCCCOC(=O)c1nn(C2CCCCO2)c2ncnc(NCc3ccc(OC)cc3OC)c12. The van der Waals surface area contributed by atoms with Crippen molar-refractivity contribution in [1.29, 1.82) is 0 Å². The predicted molar refractivity (Wildman–Crippen MR) is 126 cm³/mol. The minimum absolute atomic E-state index is 0.185. The second-order valence-corrected chi connectivity index (χ2v) is 8.06. The zero-order valence-electron chi connectivity index (χ0n) is 19.9. The van der Waals surface area contributed by atoms with Gasteiger partial charge in [0.2, 0.25) is 0 Å². The first-order chi connectivity index (χ1) is 16.7. The highest BCUT2D eigenvalue weighted by Gasteiger charge is 2.28. The standard InChI is InChI=1S/C24H31N5O5/c1-4-5-11-34-24(30)21-20-22(25-14-16-9-10-17(31-2)13-18(16)32-3)26-15-27-23(20)29(28-21)19-8-6-7-12-33-19/h9-10,13,15,19H,4-8,11-12,14H2,1-3H3,(H,25,26,27). The molecule has 0 bridgehead atoms. The fourth-order valence-electron chi connectivity index (χ4n) is 3.92. The number of nitrogens with one attached hydrogen (secondary N) is 1. The van der Waals surface area contributed by atoms with Gasteiger partial charge in [0.1, 0.15) is 23.6 Å². The van der Waals surface area contributed by atoms with Crippen LogP contribution in [0.2, 0.25) is 0 Å². The van der Waals surface area contributed by atoms with E-state index in [4.69, 9.17) is 18.9 Å². The van der Waals surface area contributed by atoms with Crippen LogP contribution in [0.4, 0.5) is 5.82 Å². The van der Waals surface area contributed by atoms with Crippen molar-refractivity contribution >= 4 is 22.8 Å². The number of methoxy groups -OCH3 is 2. The van der Waals surface area contributed by atoms with Gasteiger partial charge < -0.3 is 24.3 Å². The van der Waals surface area contributed by atoms with Gasteiger partial charge in [0, 0.05) is 24.8 Å². The monoisotopic (exact) mass is 469 g/mol. The van der Waals surface area contributed by atoms with Gasteiger partial charge in [-0.2, -0.15) is 5.10 Å². The maximum Gasteiger partial charge on any atom is 0.359 e. The van der Waals surface area contributed by atoms with Crippen LogP contribution in [0.1, 0.15) is 61.3 Å². The number of hydrogen-bond acceptors (Lipinski definition) is 9. The summed E-state index contributed by atoms with van der Waals surface area (Å²) in [4.78, 5) is 21.8. The Morgan fingerprint density at radius 3 is 2.85 bits per heavy atom. The molecule has 34 heavy (non-hydrogen) atoms. The zero-order valence-corrected chi connectivity index (χ0v) is 19.9. The van der Waals surface area contributed by atoms with Crippen LogP contribution in [0.3, 0.4) is 0 Å². The Labute approximate surface area is 198 Å². The summed E-state index contributed by atoms with van der Waals surface area (Å²) in [6.07, 6.45) is 5.73. The van der Waals surface area contributed by atoms with E-state index in [0.717, 1.165) is 37.7 Å². The van der Waals surface area contributed by atoms with Gasteiger partial charge in [-0.15, -0.1) is 0 Å². The molecular formula is C24H31N5O5. The average Bonchev–Trinajstić information content (AvgIpc) is 3.28. The molecule has 1 unspecified atom stereocenters. The Balaban J connectivity index is 1.69. The average molecular weight is 470 g/mol. The molecule has 10 nitrogen and oxygen atoms in total. The molecule has 4 rings (SSSR count). The van der Waals surface area contributed by atoms with Crippen molar-refractivity contribution in [1.82, 2.24) is 19.7 Å². The van der Waals surface area contributed by atoms with Crippen LogP contribution in [0, 0.1) is 0 Å². The van der Waals surface area contributed by atoms with Crippen molar-refractivity contribution in [2.45, 2.75) is 51.8 Å². The molecule has 2 aromatic heterocycles. The van der Waals surface area contributed by atoms with E-state index >= 15 is 0 Å². The summed E-state index contributed by atoms with van der Waals surface area (Å²) in [6, 6.07) is 5.61. The molecule has 1 N–H and O–H groups in total. The smallest absolute Gasteiger partial charge is 0.359 e. The molecule has 1 aliphatic heterocycles. The topological polar surface area (TPSA) is 110 Å². The molecular weight excluding hydrogens is 438 g/mol. The Hall–Kier alpha value is -3.40. The van der Waals surface area contributed by atoms with E-state index in [-0.39, 0.29) is 11.9 Å². The minimum Gasteiger partial charge on any atom is -0.497 e. The van der Waals surface area contributed by atoms with Gasteiger partial charge in [-0.1, -0.05) is 13.3 Å². The second-order valence-electron chi connectivity index (χ2n) is 8.06. The predicted octanol–water partition coefficient (Wildman–Crippen LogP) is 4.11. The molecule has 1 saturated heterocycles. The van der Waals surface area contributed by atoms with E-state index < -0.39 is 5.97 Å². The van der Waals surface area contributed by atoms with Crippen molar-refractivity contribution in [2.24, 2.45) is 0 Å². The fourth-order valence-corrected chi connectivity index (χ4v) is 3.92. The summed E-state index contributed by atoms with van der Waals surface area (Å²) in [5.74, 6) is 1.39. The quantitative estimate of drug-likeness (QED) is 0.346. The summed E-state index contributed by atoms with van der Waals surface area (Å²) < 4.78 is 23.9.